The molecule has 1 heterocycles. The van der Waals surface area contributed by atoms with E-state index in [-0.39, 0.29) is 37.2 Å². The van der Waals surface area contributed by atoms with Gasteiger partial charge >= 0.3 is 0 Å². The van der Waals surface area contributed by atoms with Crippen LogP contribution in [0.1, 0.15) is 17.5 Å². The molecule has 0 saturated carbocycles. The van der Waals surface area contributed by atoms with Gasteiger partial charge < -0.3 is 9.80 Å². The number of ketones is 1. The molecule has 1 fully saturated rings. The zero-order chi connectivity index (χ0) is 23.4. The molecule has 0 N–H and O–H groups in total. The number of nitrogens with zero attached hydrogens (tertiary/aromatic N) is 2. The quantitative estimate of drug-likeness (QED) is 0.398. The Kier molecular flexibility index (Phi) is 10.3. The van der Waals surface area contributed by atoms with Gasteiger partial charge in [-0.2, -0.15) is 0 Å². The molecule has 9 heteroatoms. The van der Waals surface area contributed by atoms with Crippen LogP contribution in [0.15, 0.2) is 47.5 Å². The second-order valence-corrected chi connectivity index (χ2v) is 9.45. The molecular weight excluding hydrogens is 526 g/mol. The summed E-state index contributed by atoms with van der Waals surface area (Å²) in [5, 5.41) is 1.67. The van der Waals surface area contributed by atoms with Gasteiger partial charge in [0.05, 0.1) is 20.1 Å². The predicted molar refractivity (Wildman–Crippen MR) is 141 cm³/mol. The summed E-state index contributed by atoms with van der Waals surface area (Å²) in [5.74, 6) is -0.148. The monoisotopic (exact) mass is 546 g/mol. The van der Waals surface area contributed by atoms with Crippen molar-refractivity contribution in [2.75, 3.05) is 33.7 Å². The minimum absolute atomic E-state index is 0. The molecule has 0 radical (unpaired) electrons. The van der Waals surface area contributed by atoms with Crippen molar-refractivity contribution in [1.29, 1.82) is 0 Å². The van der Waals surface area contributed by atoms with E-state index in [4.69, 9.17) is 46.4 Å². The molecule has 33 heavy (non-hydrogen) atoms. The first-order valence-electron chi connectivity index (χ1n) is 9.92. The van der Waals surface area contributed by atoms with Crippen molar-refractivity contribution in [3.63, 3.8) is 0 Å². The Morgan fingerprint density at radius 1 is 0.879 bits per heavy atom. The van der Waals surface area contributed by atoms with Gasteiger partial charge in [0.15, 0.2) is 5.78 Å². The number of hydrogen-bond acceptors (Lipinski definition) is 3. The van der Waals surface area contributed by atoms with Crippen LogP contribution < -0.4 is 0 Å². The number of halogens is 5. The van der Waals surface area contributed by atoms with Gasteiger partial charge in [-0.15, -0.1) is 12.4 Å². The van der Waals surface area contributed by atoms with E-state index in [0.29, 0.717) is 44.2 Å². The molecule has 1 saturated heterocycles. The average Bonchev–Trinajstić information content (AvgIpc) is 2.74. The van der Waals surface area contributed by atoms with Crippen molar-refractivity contribution in [3.8, 4) is 0 Å². The summed E-state index contributed by atoms with van der Waals surface area (Å²) >= 11 is 24.3. The normalized spacial score (nSPS) is 16.5. The third-order valence-corrected chi connectivity index (χ3v) is 6.48. The van der Waals surface area contributed by atoms with Crippen LogP contribution in [0.25, 0.3) is 12.2 Å². The molecule has 176 valence electrons. The van der Waals surface area contributed by atoms with Gasteiger partial charge in [0.1, 0.15) is 0 Å². The van der Waals surface area contributed by atoms with Crippen LogP contribution in [-0.2, 0) is 9.59 Å². The fourth-order valence-corrected chi connectivity index (χ4v) is 3.91. The maximum atomic E-state index is 13.3. The van der Waals surface area contributed by atoms with Crippen LogP contribution in [0.4, 0.5) is 0 Å². The molecule has 1 amide bonds. The minimum atomic E-state index is -0.126. The Labute approximate surface area is 220 Å². The van der Waals surface area contributed by atoms with E-state index in [1.165, 1.54) is 0 Å². The first kappa shape index (κ1) is 27.7. The molecular formula is C24H23Cl5N2O2. The predicted octanol–water partition coefficient (Wildman–Crippen LogP) is 6.55. The number of benzene rings is 2. The Morgan fingerprint density at radius 3 is 1.73 bits per heavy atom. The minimum Gasteiger partial charge on any atom is -0.334 e. The topological polar surface area (TPSA) is 40.6 Å². The van der Waals surface area contributed by atoms with Crippen molar-refractivity contribution in [1.82, 2.24) is 9.80 Å². The van der Waals surface area contributed by atoms with E-state index in [1.54, 1.807) is 53.5 Å². The number of piperidine rings is 1. The van der Waals surface area contributed by atoms with Gasteiger partial charge in [-0.25, -0.2) is 0 Å². The molecule has 0 bridgehead atoms. The number of rotatable bonds is 5. The van der Waals surface area contributed by atoms with E-state index in [2.05, 4.69) is 0 Å². The third-order valence-electron chi connectivity index (χ3n) is 5.00. The molecule has 4 nitrogen and oxygen atoms in total. The van der Waals surface area contributed by atoms with E-state index in [1.807, 2.05) is 19.0 Å². The van der Waals surface area contributed by atoms with Crippen molar-refractivity contribution in [3.05, 3.63) is 78.8 Å². The maximum Gasteiger partial charge on any atom is 0.224 e. The first-order chi connectivity index (χ1) is 15.1. The van der Waals surface area contributed by atoms with Gasteiger partial charge in [-0.3, -0.25) is 9.59 Å². The fraction of sp³-hybridized carbons (Fsp3) is 0.250. The highest BCUT2D eigenvalue weighted by molar-refractivity contribution is 6.42. The highest BCUT2D eigenvalue weighted by Crippen LogP contribution is 2.28. The van der Waals surface area contributed by atoms with Crippen LogP contribution in [0.3, 0.4) is 0 Å². The number of carbonyl (C=O) groups is 2. The molecule has 0 spiro atoms. The number of Topliss-reactive ketones (excluding diaryl/α,β-unsaturated/α-hetero) is 1. The van der Waals surface area contributed by atoms with E-state index in [0.717, 1.165) is 11.1 Å². The molecule has 1 aliphatic rings. The van der Waals surface area contributed by atoms with Crippen LogP contribution in [0.5, 0.6) is 0 Å². The summed E-state index contributed by atoms with van der Waals surface area (Å²) in [7, 11) is 3.83. The summed E-state index contributed by atoms with van der Waals surface area (Å²) in [4.78, 5) is 29.8. The van der Waals surface area contributed by atoms with E-state index in [9.17, 15) is 9.59 Å². The molecule has 0 unspecified atom stereocenters. The highest BCUT2D eigenvalue weighted by atomic mass is 35.5. The lowest BCUT2D eigenvalue weighted by molar-refractivity contribution is -0.131. The van der Waals surface area contributed by atoms with Gasteiger partial charge in [0, 0.05) is 37.2 Å². The van der Waals surface area contributed by atoms with Crippen molar-refractivity contribution >= 4 is 82.7 Å². The van der Waals surface area contributed by atoms with Crippen LogP contribution in [0, 0.1) is 0 Å². The molecule has 0 aromatic heterocycles. The van der Waals surface area contributed by atoms with Gasteiger partial charge in [0.2, 0.25) is 5.91 Å². The second-order valence-electron chi connectivity index (χ2n) is 7.82. The van der Waals surface area contributed by atoms with Gasteiger partial charge in [-0.1, -0.05) is 58.5 Å². The summed E-state index contributed by atoms with van der Waals surface area (Å²) < 4.78 is 0. The summed E-state index contributed by atoms with van der Waals surface area (Å²) in [5.41, 5.74) is 2.47. The standard InChI is InChI=1S/C24H22Cl4N2O2.ClH/c1-29(2)8-7-23(31)30-13-17(9-15-3-5-19(25)21(27)11-15)24(32)18(14-30)10-16-4-6-20(26)22(28)12-16;/h3-6,9-12H,7-8,13-14H2,1-2H3;1H/b17-9-,18-10+;. The molecule has 0 atom stereocenters. The molecule has 2 aromatic carbocycles. The first-order valence-corrected chi connectivity index (χ1v) is 11.4. The van der Waals surface area contributed by atoms with Gasteiger partial charge in [0.25, 0.3) is 0 Å². The van der Waals surface area contributed by atoms with E-state index >= 15 is 0 Å². The molecule has 1 aliphatic heterocycles. The number of hydrogen-bond donors (Lipinski definition) is 0. The highest BCUT2D eigenvalue weighted by Gasteiger charge is 2.29. The third kappa shape index (κ3) is 7.48. The van der Waals surface area contributed by atoms with Crippen LogP contribution in [-0.4, -0.2) is 55.2 Å². The lowest BCUT2D eigenvalue weighted by atomic mass is 9.94. The number of likely N-dealkylation sites (tertiary alicyclic amines) is 1. The zero-order valence-electron chi connectivity index (χ0n) is 18.1. The SMILES string of the molecule is CN(C)CCC(=O)N1C/C(=C/c2ccc(Cl)c(Cl)c2)C(=O)/C(=C/c2ccc(Cl)c(Cl)c2)C1.Cl. The smallest absolute Gasteiger partial charge is 0.224 e. The van der Waals surface area contributed by atoms with Crippen molar-refractivity contribution in [2.45, 2.75) is 6.42 Å². The zero-order valence-corrected chi connectivity index (χ0v) is 21.9. The van der Waals surface area contributed by atoms with Crippen LogP contribution in [0.2, 0.25) is 20.1 Å². The Morgan fingerprint density at radius 2 is 1.33 bits per heavy atom. The second kappa shape index (κ2) is 12.3. The van der Waals surface area contributed by atoms with Crippen molar-refractivity contribution in [2.24, 2.45) is 0 Å². The Hall–Kier alpha value is -1.53. The molecule has 2 aromatic rings. The number of carbonyl (C=O) groups excluding carboxylic acids is 2. The maximum absolute atomic E-state index is 13.3. The van der Waals surface area contributed by atoms with Crippen molar-refractivity contribution < 1.29 is 9.59 Å². The lowest BCUT2D eigenvalue weighted by Gasteiger charge is -2.30. The molecule has 0 aliphatic carbocycles. The average molecular weight is 549 g/mol. The summed E-state index contributed by atoms with van der Waals surface area (Å²) in [6.07, 6.45) is 3.86. The molecule has 3 rings (SSSR count). The Bertz CT molecular complexity index is 1040. The lowest BCUT2D eigenvalue weighted by Crippen LogP contribution is -2.42. The largest absolute Gasteiger partial charge is 0.334 e. The summed E-state index contributed by atoms with van der Waals surface area (Å²) in [6, 6.07) is 10.3. The fourth-order valence-electron chi connectivity index (χ4n) is 3.30. The van der Waals surface area contributed by atoms with Gasteiger partial charge in [-0.05, 0) is 61.6 Å². The van der Waals surface area contributed by atoms with Crippen LogP contribution >= 0.6 is 58.8 Å². The Balaban J connectivity index is 0.00000385. The van der Waals surface area contributed by atoms with E-state index < -0.39 is 0 Å². The number of amides is 1. The summed E-state index contributed by atoms with van der Waals surface area (Å²) in [6.45, 7) is 1.08.